The summed E-state index contributed by atoms with van der Waals surface area (Å²) in [4.78, 5) is 0. The van der Waals surface area contributed by atoms with Gasteiger partial charge in [-0.15, -0.1) is 11.6 Å². The van der Waals surface area contributed by atoms with Gasteiger partial charge in [-0.3, -0.25) is 0 Å². The van der Waals surface area contributed by atoms with Gasteiger partial charge in [0.25, 0.3) is 0 Å². The second kappa shape index (κ2) is 5.25. The second-order valence-electron chi connectivity index (χ2n) is 2.58. The van der Waals surface area contributed by atoms with E-state index in [4.69, 9.17) is 23.2 Å². The molecule has 0 heterocycles. The van der Waals surface area contributed by atoms with E-state index in [2.05, 4.69) is 0 Å². The van der Waals surface area contributed by atoms with Crippen LogP contribution in [0.1, 0.15) is 5.56 Å². The molecule has 0 nitrogen and oxygen atoms in total. The van der Waals surface area contributed by atoms with Gasteiger partial charge in [0.1, 0.15) is 5.82 Å². The maximum atomic E-state index is 12.7. The smallest absolute Gasteiger partial charge is 0.141 e. The van der Waals surface area contributed by atoms with Gasteiger partial charge in [-0.25, -0.2) is 4.39 Å². The van der Waals surface area contributed by atoms with Gasteiger partial charge in [-0.1, -0.05) is 29.8 Å². The maximum Gasteiger partial charge on any atom is 0.141 e. The SMILES string of the molecule is Fc1ccc(C/C=C/CCl)cc1Cl. The van der Waals surface area contributed by atoms with E-state index in [1.54, 1.807) is 12.1 Å². The molecule has 0 aliphatic heterocycles. The molecule has 3 heteroatoms. The summed E-state index contributed by atoms with van der Waals surface area (Å²) >= 11 is 11.1. The molecule has 0 bridgehead atoms. The third-order valence-electron chi connectivity index (χ3n) is 1.59. The van der Waals surface area contributed by atoms with Gasteiger partial charge in [-0.2, -0.15) is 0 Å². The summed E-state index contributed by atoms with van der Waals surface area (Å²) in [7, 11) is 0. The van der Waals surface area contributed by atoms with Gasteiger partial charge in [0.2, 0.25) is 0 Å². The van der Waals surface area contributed by atoms with Gasteiger partial charge in [0.05, 0.1) is 5.02 Å². The van der Waals surface area contributed by atoms with E-state index < -0.39 is 0 Å². The van der Waals surface area contributed by atoms with Crippen LogP contribution in [0.5, 0.6) is 0 Å². The lowest BCUT2D eigenvalue weighted by Gasteiger charge is -1.98. The Balaban J connectivity index is 2.68. The van der Waals surface area contributed by atoms with Crippen LogP contribution in [0.3, 0.4) is 0 Å². The van der Waals surface area contributed by atoms with Crippen LogP contribution >= 0.6 is 23.2 Å². The topological polar surface area (TPSA) is 0 Å². The molecule has 0 saturated carbocycles. The zero-order valence-electron chi connectivity index (χ0n) is 6.93. The summed E-state index contributed by atoms with van der Waals surface area (Å²) in [6.07, 6.45) is 4.50. The molecule has 0 fully saturated rings. The quantitative estimate of drug-likeness (QED) is 0.535. The highest BCUT2D eigenvalue weighted by Gasteiger charge is 1.98. The summed E-state index contributed by atoms with van der Waals surface area (Å²) in [5.41, 5.74) is 0.979. The number of benzene rings is 1. The molecular weight excluding hydrogens is 210 g/mol. The van der Waals surface area contributed by atoms with Crippen molar-refractivity contribution < 1.29 is 4.39 Å². The Labute approximate surface area is 87.0 Å². The number of rotatable bonds is 3. The molecule has 1 aromatic carbocycles. The van der Waals surface area contributed by atoms with Crippen LogP contribution in [0, 0.1) is 5.82 Å². The first kappa shape index (κ1) is 10.6. The van der Waals surface area contributed by atoms with E-state index in [-0.39, 0.29) is 10.8 Å². The molecule has 0 spiro atoms. The molecule has 0 aromatic heterocycles. The summed E-state index contributed by atoms with van der Waals surface area (Å²) in [5.74, 6) is 0.112. The molecule has 0 aliphatic rings. The van der Waals surface area contributed by atoms with E-state index in [0.717, 1.165) is 12.0 Å². The minimum absolute atomic E-state index is 0.164. The van der Waals surface area contributed by atoms with Crippen molar-refractivity contribution in [1.82, 2.24) is 0 Å². The lowest BCUT2D eigenvalue weighted by Crippen LogP contribution is -1.83. The molecule has 1 rings (SSSR count). The Morgan fingerprint density at radius 1 is 1.31 bits per heavy atom. The first-order chi connectivity index (χ1) is 6.24. The Morgan fingerprint density at radius 3 is 2.69 bits per heavy atom. The highest BCUT2D eigenvalue weighted by atomic mass is 35.5. The first-order valence-electron chi connectivity index (χ1n) is 3.89. The normalized spacial score (nSPS) is 11.0. The van der Waals surface area contributed by atoms with Crippen LogP contribution in [0.15, 0.2) is 30.4 Å². The molecule has 13 heavy (non-hydrogen) atoms. The first-order valence-corrected chi connectivity index (χ1v) is 4.80. The van der Waals surface area contributed by atoms with Gasteiger partial charge in [-0.05, 0) is 24.1 Å². The highest BCUT2D eigenvalue weighted by molar-refractivity contribution is 6.30. The fraction of sp³-hybridized carbons (Fsp3) is 0.200. The van der Waals surface area contributed by atoms with Crippen molar-refractivity contribution in [3.8, 4) is 0 Å². The van der Waals surface area contributed by atoms with Crippen molar-refractivity contribution in [3.63, 3.8) is 0 Å². The Morgan fingerprint density at radius 2 is 2.08 bits per heavy atom. The van der Waals surface area contributed by atoms with Crippen LogP contribution in [-0.4, -0.2) is 5.88 Å². The standard InChI is InChI=1S/C10H9Cl2F/c11-6-2-1-3-8-4-5-10(13)9(12)7-8/h1-2,4-5,7H,3,6H2/b2-1+. The fourth-order valence-corrected chi connectivity index (χ4v) is 1.28. The van der Waals surface area contributed by atoms with Crippen molar-refractivity contribution in [2.75, 3.05) is 5.88 Å². The summed E-state index contributed by atoms with van der Waals surface area (Å²) in [5, 5.41) is 0.164. The number of alkyl halides is 1. The lowest BCUT2D eigenvalue weighted by molar-refractivity contribution is 0.627. The van der Waals surface area contributed by atoms with Crippen LogP contribution in [0.2, 0.25) is 5.02 Å². The third kappa shape index (κ3) is 3.37. The van der Waals surface area contributed by atoms with Crippen LogP contribution in [-0.2, 0) is 6.42 Å². The van der Waals surface area contributed by atoms with E-state index >= 15 is 0 Å². The molecule has 0 N–H and O–H groups in total. The van der Waals surface area contributed by atoms with Crippen molar-refractivity contribution in [2.45, 2.75) is 6.42 Å². The molecular formula is C10H9Cl2F. The number of hydrogen-bond acceptors (Lipinski definition) is 0. The largest absolute Gasteiger partial charge is 0.205 e. The maximum absolute atomic E-state index is 12.7. The van der Waals surface area contributed by atoms with Crippen LogP contribution in [0.4, 0.5) is 4.39 Å². The molecule has 0 unspecified atom stereocenters. The average molecular weight is 219 g/mol. The van der Waals surface area contributed by atoms with Gasteiger partial charge >= 0.3 is 0 Å². The molecule has 0 atom stereocenters. The van der Waals surface area contributed by atoms with Crippen molar-refractivity contribution >= 4 is 23.2 Å². The molecule has 0 amide bonds. The number of allylic oxidation sites excluding steroid dienone is 2. The highest BCUT2D eigenvalue weighted by Crippen LogP contribution is 2.16. The lowest BCUT2D eigenvalue weighted by atomic mass is 10.1. The van der Waals surface area contributed by atoms with Crippen molar-refractivity contribution in [2.24, 2.45) is 0 Å². The van der Waals surface area contributed by atoms with E-state index in [1.807, 2.05) is 12.2 Å². The van der Waals surface area contributed by atoms with E-state index in [0.29, 0.717) is 5.88 Å². The number of halogens is 3. The Kier molecular flexibility index (Phi) is 4.26. The molecule has 0 aliphatic carbocycles. The average Bonchev–Trinajstić information content (AvgIpc) is 2.12. The Bertz CT molecular complexity index is 308. The molecule has 1 aromatic rings. The summed E-state index contributed by atoms with van der Waals surface area (Å²) < 4.78 is 12.7. The van der Waals surface area contributed by atoms with Crippen LogP contribution in [0.25, 0.3) is 0 Å². The number of hydrogen-bond donors (Lipinski definition) is 0. The second-order valence-corrected chi connectivity index (χ2v) is 3.29. The fourth-order valence-electron chi connectivity index (χ4n) is 0.949. The van der Waals surface area contributed by atoms with Gasteiger partial charge in [0, 0.05) is 5.88 Å². The molecule has 70 valence electrons. The minimum atomic E-state index is -0.383. The van der Waals surface area contributed by atoms with Crippen molar-refractivity contribution in [3.05, 3.63) is 46.8 Å². The van der Waals surface area contributed by atoms with Crippen molar-refractivity contribution in [1.29, 1.82) is 0 Å². The zero-order valence-corrected chi connectivity index (χ0v) is 8.45. The summed E-state index contributed by atoms with van der Waals surface area (Å²) in [6, 6.07) is 4.70. The predicted molar refractivity (Wildman–Crippen MR) is 55.0 cm³/mol. The zero-order chi connectivity index (χ0) is 9.68. The molecule has 0 saturated heterocycles. The van der Waals surface area contributed by atoms with E-state index in [9.17, 15) is 4.39 Å². The monoisotopic (exact) mass is 218 g/mol. The Hall–Kier alpha value is -0.530. The van der Waals surface area contributed by atoms with Crippen LogP contribution < -0.4 is 0 Å². The van der Waals surface area contributed by atoms with Gasteiger partial charge in [0.15, 0.2) is 0 Å². The minimum Gasteiger partial charge on any atom is -0.205 e. The predicted octanol–water partition coefficient (Wildman–Crippen LogP) is 3.82. The van der Waals surface area contributed by atoms with E-state index in [1.165, 1.54) is 6.07 Å². The third-order valence-corrected chi connectivity index (χ3v) is 2.06. The summed E-state index contributed by atoms with van der Waals surface area (Å²) in [6.45, 7) is 0. The van der Waals surface area contributed by atoms with Gasteiger partial charge < -0.3 is 0 Å². The molecule has 0 radical (unpaired) electrons.